The van der Waals surface area contributed by atoms with Crippen molar-refractivity contribution in [1.29, 1.82) is 0 Å². The number of rotatable bonds is 5. The van der Waals surface area contributed by atoms with Crippen LogP contribution in [0.5, 0.6) is 11.6 Å². The number of piperidine rings is 1. The van der Waals surface area contributed by atoms with Gasteiger partial charge in [-0.05, 0) is 31.9 Å². The molecule has 1 amide bonds. The number of piperazine rings is 1. The largest absolute Gasteiger partial charge is 0.439 e. The topological polar surface area (TPSA) is 95.9 Å². The molecule has 172 valence electrons. The maximum atomic E-state index is 13.0. The van der Waals surface area contributed by atoms with Gasteiger partial charge in [-0.2, -0.15) is 4.98 Å². The third-order valence-corrected chi connectivity index (χ3v) is 7.26. The van der Waals surface area contributed by atoms with Gasteiger partial charge in [0.1, 0.15) is 17.4 Å². The molecule has 0 radical (unpaired) electrons. The molecular weight excluding hydrogens is 430 g/mol. The third kappa shape index (κ3) is 5.36. The lowest BCUT2D eigenvalue weighted by Crippen LogP contribution is -2.52. The first-order chi connectivity index (χ1) is 15.3. The SMILES string of the molecule is Cc1nc(Oc2ccccc2)cc(N2CCN(C(=O)C3CCN(S(C)(=O)=O)CC3)CC2)n1. The van der Waals surface area contributed by atoms with Crippen LogP contribution in [0.4, 0.5) is 5.82 Å². The number of hydrogen-bond donors (Lipinski definition) is 0. The molecular formula is C22H29N5O4S. The molecule has 1 aromatic carbocycles. The van der Waals surface area contributed by atoms with Crippen molar-refractivity contribution in [2.45, 2.75) is 19.8 Å². The van der Waals surface area contributed by atoms with Crippen LogP contribution < -0.4 is 9.64 Å². The van der Waals surface area contributed by atoms with Crippen molar-refractivity contribution < 1.29 is 17.9 Å². The van der Waals surface area contributed by atoms with Gasteiger partial charge >= 0.3 is 0 Å². The fourth-order valence-corrected chi connectivity index (χ4v) is 5.07. The van der Waals surface area contributed by atoms with Crippen molar-refractivity contribution in [2.24, 2.45) is 5.92 Å². The first kappa shape index (κ1) is 22.5. The molecule has 1 aromatic heterocycles. The Labute approximate surface area is 189 Å². The molecule has 9 nitrogen and oxygen atoms in total. The molecule has 2 aliphatic heterocycles. The van der Waals surface area contributed by atoms with Gasteiger partial charge in [0.05, 0.1) is 6.26 Å². The highest BCUT2D eigenvalue weighted by Crippen LogP contribution is 2.25. The highest BCUT2D eigenvalue weighted by molar-refractivity contribution is 7.88. The van der Waals surface area contributed by atoms with Crippen LogP contribution in [-0.2, 0) is 14.8 Å². The van der Waals surface area contributed by atoms with Crippen LogP contribution in [0.2, 0.25) is 0 Å². The lowest BCUT2D eigenvalue weighted by atomic mass is 9.96. The van der Waals surface area contributed by atoms with E-state index in [2.05, 4.69) is 14.9 Å². The molecule has 0 unspecified atom stereocenters. The molecule has 0 saturated carbocycles. The molecule has 10 heteroatoms. The summed E-state index contributed by atoms with van der Waals surface area (Å²) < 4.78 is 30.7. The second-order valence-corrected chi connectivity index (χ2v) is 10.3. The summed E-state index contributed by atoms with van der Waals surface area (Å²) >= 11 is 0. The van der Waals surface area contributed by atoms with Gasteiger partial charge in [0.15, 0.2) is 0 Å². The van der Waals surface area contributed by atoms with E-state index in [-0.39, 0.29) is 11.8 Å². The predicted molar refractivity (Wildman–Crippen MR) is 121 cm³/mol. The minimum atomic E-state index is -3.19. The standard InChI is InChI=1S/C22H29N5O4S/c1-17-23-20(16-21(24-17)31-19-6-4-3-5-7-19)25-12-14-26(15-13-25)22(28)18-8-10-27(11-9-18)32(2,29)30/h3-7,16,18H,8-15H2,1-2H3. The van der Waals surface area contributed by atoms with Crippen LogP contribution in [0.1, 0.15) is 18.7 Å². The molecule has 32 heavy (non-hydrogen) atoms. The Morgan fingerprint density at radius 2 is 1.66 bits per heavy atom. The number of benzene rings is 1. The van der Waals surface area contributed by atoms with Crippen molar-refractivity contribution >= 4 is 21.7 Å². The number of sulfonamides is 1. The molecule has 2 aromatic rings. The number of hydrogen-bond acceptors (Lipinski definition) is 7. The quantitative estimate of drug-likeness (QED) is 0.674. The van der Waals surface area contributed by atoms with Gasteiger partial charge in [-0.25, -0.2) is 17.7 Å². The first-order valence-corrected chi connectivity index (χ1v) is 12.7. The highest BCUT2D eigenvalue weighted by atomic mass is 32.2. The van der Waals surface area contributed by atoms with Crippen LogP contribution >= 0.6 is 0 Å². The van der Waals surface area contributed by atoms with Gasteiger partial charge in [-0.3, -0.25) is 4.79 Å². The second-order valence-electron chi connectivity index (χ2n) is 8.28. The Morgan fingerprint density at radius 1 is 1.00 bits per heavy atom. The average molecular weight is 460 g/mol. The number of aryl methyl sites for hydroxylation is 1. The maximum absolute atomic E-state index is 13.0. The van der Waals surface area contributed by atoms with Crippen LogP contribution in [0, 0.1) is 12.8 Å². The number of nitrogens with zero attached hydrogens (tertiary/aromatic N) is 5. The highest BCUT2D eigenvalue weighted by Gasteiger charge is 2.32. The van der Waals surface area contributed by atoms with Gasteiger partial charge < -0.3 is 14.5 Å². The summed E-state index contributed by atoms with van der Waals surface area (Å²) in [5, 5.41) is 0. The van der Waals surface area contributed by atoms with Gasteiger partial charge in [0.2, 0.25) is 21.8 Å². The zero-order valence-corrected chi connectivity index (χ0v) is 19.3. The van der Waals surface area contributed by atoms with Crippen molar-refractivity contribution in [3.05, 3.63) is 42.2 Å². The number of aromatic nitrogens is 2. The third-order valence-electron chi connectivity index (χ3n) is 5.95. The normalized spacial score (nSPS) is 18.6. The fraction of sp³-hybridized carbons (Fsp3) is 0.500. The number of anilines is 1. The van der Waals surface area contributed by atoms with E-state index in [1.165, 1.54) is 10.6 Å². The summed E-state index contributed by atoms with van der Waals surface area (Å²) in [5.41, 5.74) is 0. The zero-order chi connectivity index (χ0) is 22.7. The van der Waals surface area contributed by atoms with E-state index in [1.807, 2.05) is 48.2 Å². The molecule has 0 spiro atoms. The van der Waals surface area contributed by atoms with Crippen LogP contribution in [0.15, 0.2) is 36.4 Å². The van der Waals surface area contributed by atoms with Crippen LogP contribution in [0.25, 0.3) is 0 Å². The zero-order valence-electron chi connectivity index (χ0n) is 18.5. The van der Waals surface area contributed by atoms with Crippen molar-refractivity contribution in [3.8, 4) is 11.6 Å². The monoisotopic (exact) mass is 459 g/mol. The van der Waals surface area contributed by atoms with E-state index in [0.717, 1.165) is 5.82 Å². The molecule has 0 aliphatic carbocycles. The van der Waals surface area contributed by atoms with E-state index < -0.39 is 10.0 Å². The van der Waals surface area contributed by atoms with E-state index in [0.29, 0.717) is 69.6 Å². The number of para-hydroxylation sites is 1. The van der Waals surface area contributed by atoms with E-state index in [4.69, 9.17) is 4.74 Å². The number of amides is 1. The van der Waals surface area contributed by atoms with Gasteiger partial charge in [0, 0.05) is 51.3 Å². The molecule has 0 N–H and O–H groups in total. The van der Waals surface area contributed by atoms with Crippen molar-refractivity contribution in [1.82, 2.24) is 19.2 Å². The Kier molecular flexibility index (Phi) is 6.61. The summed E-state index contributed by atoms with van der Waals surface area (Å²) in [4.78, 5) is 25.9. The summed E-state index contributed by atoms with van der Waals surface area (Å²) in [7, 11) is -3.19. The summed E-state index contributed by atoms with van der Waals surface area (Å²) in [6, 6.07) is 11.3. The summed E-state index contributed by atoms with van der Waals surface area (Å²) in [5.74, 6) is 2.65. The smallest absolute Gasteiger partial charge is 0.225 e. The molecule has 4 rings (SSSR count). The summed E-state index contributed by atoms with van der Waals surface area (Å²) in [6.07, 6.45) is 2.38. The van der Waals surface area contributed by atoms with E-state index >= 15 is 0 Å². The lowest BCUT2D eigenvalue weighted by Gasteiger charge is -2.38. The molecule has 0 atom stereocenters. The number of carbonyl (C=O) groups is 1. The first-order valence-electron chi connectivity index (χ1n) is 10.9. The van der Waals surface area contributed by atoms with E-state index in [1.54, 1.807) is 0 Å². The van der Waals surface area contributed by atoms with Crippen LogP contribution in [-0.4, -0.2) is 79.0 Å². The molecule has 0 bridgehead atoms. The summed E-state index contributed by atoms with van der Waals surface area (Å²) in [6.45, 7) is 5.25. The van der Waals surface area contributed by atoms with Gasteiger partial charge in [-0.1, -0.05) is 18.2 Å². The Balaban J connectivity index is 1.34. The van der Waals surface area contributed by atoms with E-state index in [9.17, 15) is 13.2 Å². The number of ether oxygens (including phenoxy) is 1. The molecule has 2 aliphatic rings. The maximum Gasteiger partial charge on any atom is 0.225 e. The molecule has 3 heterocycles. The fourth-order valence-electron chi connectivity index (χ4n) is 4.20. The molecule has 2 saturated heterocycles. The van der Waals surface area contributed by atoms with Crippen molar-refractivity contribution in [2.75, 3.05) is 50.4 Å². The Morgan fingerprint density at radius 3 is 2.28 bits per heavy atom. The second kappa shape index (κ2) is 9.41. The number of carbonyl (C=O) groups excluding carboxylic acids is 1. The van der Waals surface area contributed by atoms with Gasteiger partial charge in [-0.15, -0.1) is 0 Å². The lowest BCUT2D eigenvalue weighted by molar-refractivity contribution is -0.137. The molecule has 2 fully saturated rings. The Bertz CT molecular complexity index is 1050. The average Bonchev–Trinajstić information content (AvgIpc) is 2.78. The minimum absolute atomic E-state index is 0.105. The van der Waals surface area contributed by atoms with Crippen molar-refractivity contribution in [3.63, 3.8) is 0 Å². The predicted octanol–water partition coefficient (Wildman–Crippen LogP) is 1.90. The van der Waals surface area contributed by atoms with Gasteiger partial charge in [0.25, 0.3) is 0 Å². The van der Waals surface area contributed by atoms with Crippen LogP contribution in [0.3, 0.4) is 0 Å². The minimum Gasteiger partial charge on any atom is -0.439 e. The Hall–Kier alpha value is -2.72.